The minimum absolute atomic E-state index is 0.205. The summed E-state index contributed by atoms with van der Waals surface area (Å²) in [7, 11) is -2.87. The lowest BCUT2D eigenvalue weighted by atomic mass is 10.7. The van der Waals surface area contributed by atoms with E-state index >= 15 is 0 Å². The summed E-state index contributed by atoms with van der Waals surface area (Å²) in [6.07, 6.45) is 1.09. The van der Waals surface area contributed by atoms with E-state index in [0.29, 0.717) is 0 Å². The van der Waals surface area contributed by atoms with Crippen LogP contribution in [-0.2, 0) is 20.3 Å². The Hall–Kier alpha value is -1.24. The number of halogens is 2. The molecule has 0 aliphatic heterocycles. The lowest BCUT2D eigenvalue weighted by Gasteiger charge is -2.11. The minimum atomic E-state index is -4.09. The fourth-order valence-corrected chi connectivity index (χ4v) is 1.59. The first kappa shape index (κ1) is 11.8. The topological polar surface area (TPSA) is 56.5 Å². The molecule has 4 nitrogen and oxygen atoms in total. The van der Waals surface area contributed by atoms with Crippen LogP contribution in [0.1, 0.15) is 6.92 Å². The molecule has 0 saturated carbocycles. The Balaban J connectivity index is 2.86. The molecule has 0 fully saturated rings. The van der Waals surface area contributed by atoms with Crippen molar-refractivity contribution >= 4 is 16.8 Å². The van der Waals surface area contributed by atoms with E-state index in [0.717, 1.165) is 12.3 Å². The van der Waals surface area contributed by atoms with Crippen molar-refractivity contribution in [2.75, 3.05) is 6.61 Å². The normalized spacial score (nSPS) is 13.5. The van der Waals surface area contributed by atoms with Gasteiger partial charge in [0.1, 0.15) is 0 Å². The number of hydrogen-bond acceptors (Lipinski definition) is 4. The van der Waals surface area contributed by atoms with E-state index in [1.54, 1.807) is 0 Å². The molecule has 0 spiro atoms. The Morgan fingerprint density at radius 3 is 2.80 bits per heavy atom. The maximum absolute atomic E-state index is 13.1. The molecular formula is C8H8F2O4S. The molecule has 0 aromatic carbocycles. The number of rotatable bonds is 4. The van der Waals surface area contributed by atoms with Gasteiger partial charge in [0, 0.05) is 0 Å². The van der Waals surface area contributed by atoms with Crippen molar-refractivity contribution in [3.8, 4) is 0 Å². The van der Waals surface area contributed by atoms with Crippen LogP contribution in [-0.4, -0.2) is 22.0 Å². The van der Waals surface area contributed by atoms with Gasteiger partial charge >= 0.3 is 11.2 Å². The zero-order chi connectivity index (χ0) is 11.5. The van der Waals surface area contributed by atoms with Crippen molar-refractivity contribution in [2.45, 2.75) is 17.3 Å². The second-order valence-electron chi connectivity index (χ2n) is 2.44. The second kappa shape index (κ2) is 4.52. The number of carbonyl (C=O) groups is 1. The Morgan fingerprint density at radius 2 is 2.33 bits per heavy atom. The van der Waals surface area contributed by atoms with E-state index in [1.165, 1.54) is 13.0 Å². The molecule has 1 atom stereocenters. The van der Waals surface area contributed by atoms with E-state index in [4.69, 9.17) is 0 Å². The zero-order valence-corrected chi connectivity index (χ0v) is 8.55. The van der Waals surface area contributed by atoms with Crippen molar-refractivity contribution < 1.29 is 26.9 Å². The molecule has 15 heavy (non-hydrogen) atoms. The number of carbonyl (C=O) groups excluding carboxylic acids is 1. The molecule has 0 bridgehead atoms. The van der Waals surface area contributed by atoms with Gasteiger partial charge in [-0.05, 0) is 19.1 Å². The molecule has 0 aliphatic carbocycles. The molecule has 1 heterocycles. The summed E-state index contributed by atoms with van der Waals surface area (Å²) < 4.78 is 46.1. The summed E-state index contributed by atoms with van der Waals surface area (Å²) in [6.45, 7) is 1.17. The van der Waals surface area contributed by atoms with Gasteiger partial charge in [0.25, 0.3) is 0 Å². The van der Waals surface area contributed by atoms with Gasteiger partial charge in [0.05, 0.1) is 12.9 Å². The van der Waals surface area contributed by atoms with Crippen LogP contribution in [0.15, 0.2) is 27.9 Å². The summed E-state index contributed by atoms with van der Waals surface area (Å²) in [5, 5.41) is -4.55. The van der Waals surface area contributed by atoms with Gasteiger partial charge in [-0.1, -0.05) is 0 Å². The molecule has 0 saturated heterocycles. The SMILES string of the molecule is CCOC(=O)C(F)(F)[S@@](=O)c1ccco1. The molecule has 7 heteroatoms. The molecule has 84 valence electrons. The van der Waals surface area contributed by atoms with Gasteiger partial charge in [-0.15, -0.1) is 0 Å². The smallest absolute Gasteiger partial charge is 0.422 e. The maximum atomic E-state index is 13.1. The minimum Gasteiger partial charge on any atom is -0.461 e. The number of alkyl halides is 2. The van der Waals surface area contributed by atoms with Gasteiger partial charge in [0.15, 0.2) is 15.9 Å². The van der Waals surface area contributed by atoms with Crippen LogP contribution in [0.5, 0.6) is 0 Å². The first-order valence-electron chi connectivity index (χ1n) is 4.00. The molecule has 1 aromatic heterocycles. The largest absolute Gasteiger partial charge is 0.461 e. The molecule has 0 radical (unpaired) electrons. The fraction of sp³-hybridized carbons (Fsp3) is 0.375. The van der Waals surface area contributed by atoms with Gasteiger partial charge < -0.3 is 9.15 Å². The van der Waals surface area contributed by atoms with Crippen LogP contribution in [0.2, 0.25) is 0 Å². The van der Waals surface area contributed by atoms with Gasteiger partial charge in [0.2, 0.25) is 0 Å². The highest BCUT2D eigenvalue weighted by molar-refractivity contribution is 7.86. The van der Waals surface area contributed by atoms with Gasteiger partial charge in [-0.3, -0.25) is 0 Å². The highest BCUT2D eigenvalue weighted by Crippen LogP contribution is 2.26. The Labute approximate surface area is 86.7 Å². The van der Waals surface area contributed by atoms with E-state index in [-0.39, 0.29) is 6.61 Å². The maximum Gasteiger partial charge on any atom is 0.422 e. The van der Waals surface area contributed by atoms with Crippen molar-refractivity contribution in [1.29, 1.82) is 0 Å². The van der Waals surface area contributed by atoms with Crippen molar-refractivity contribution in [1.82, 2.24) is 0 Å². The molecule has 0 aliphatic rings. The van der Waals surface area contributed by atoms with Gasteiger partial charge in [-0.25, -0.2) is 9.00 Å². The molecule has 1 aromatic rings. The molecule has 0 amide bonds. The summed E-state index contributed by atoms with van der Waals surface area (Å²) in [5.41, 5.74) is 0. The lowest BCUT2D eigenvalue weighted by Crippen LogP contribution is -2.35. The predicted molar refractivity (Wildman–Crippen MR) is 46.7 cm³/mol. The third-order valence-electron chi connectivity index (χ3n) is 1.42. The van der Waals surface area contributed by atoms with E-state index < -0.39 is 27.1 Å². The molecule has 0 N–H and O–H groups in total. The van der Waals surface area contributed by atoms with Crippen molar-refractivity contribution in [2.24, 2.45) is 0 Å². The summed E-state index contributed by atoms with van der Waals surface area (Å²) in [4.78, 5) is 10.8. The summed E-state index contributed by atoms with van der Waals surface area (Å²) in [5.74, 6) is -1.82. The number of ether oxygens (including phenoxy) is 1. The molecular weight excluding hydrogens is 230 g/mol. The molecule has 0 unspecified atom stereocenters. The standard InChI is InChI=1S/C8H8F2O4S/c1-2-13-7(11)8(9,10)15(12)6-4-3-5-14-6/h3-5H,2H2,1H3/t15-/m0/s1. The Morgan fingerprint density at radius 1 is 1.67 bits per heavy atom. The number of hydrogen-bond donors (Lipinski definition) is 0. The van der Waals surface area contributed by atoms with Crippen LogP contribution in [0.4, 0.5) is 8.78 Å². The monoisotopic (exact) mass is 238 g/mol. The molecule has 1 rings (SSSR count). The first-order chi connectivity index (χ1) is 7.00. The van der Waals surface area contributed by atoms with Crippen molar-refractivity contribution in [3.05, 3.63) is 18.4 Å². The van der Waals surface area contributed by atoms with E-state index in [1.807, 2.05) is 0 Å². The zero-order valence-electron chi connectivity index (χ0n) is 7.74. The van der Waals surface area contributed by atoms with Crippen LogP contribution >= 0.6 is 0 Å². The first-order valence-corrected chi connectivity index (χ1v) is 5.15. The number of furan rings is 1. The van der Waals surface area contributed by atoms with Crippen LogP contribution in [0.3, 0.4) is 0 Å². The van der Waals surface area contributed by atoms with Gasteiger partial charge in [-0.2, -0.15) is 8.78 Å². The van der Waals surface area contributed by atoms with Crippen LogP contribution in [0.25, 0.3) is 0 Å². The Kier molecular flexibility index (Phi) is 3.57. The third-order valence-corrected chi connectivity index (χ3v) is 2.65. The number of esters is 1. The predicted octanol–water partition coefficient (Wildman–Crippen LogP) is 1.54. The second-order valence-corrected chi connectivity index (χ2v) is 3.89. The third kappa shape index (κ3) is 2.41. The van der Waals surface area contributed by atoms with E-state index in [2.05, 4.69) is 9.15 Å². The average Bonchev–Trinajstić information content (AvgIpc) is 2.69. The quantitative estimate of drug-likeness (QED) is 0.746. The van der Waals surface area contributed by atoms with E-state index in [9.17, 15) is 17.8 Å². The average molecular weight is 238 g/mol. The fourth-order valence-electron chi connectivity index (χ4n) is 0.786. The lowest BCUT2D eigenvalue weighted by molar-refractivity contribution is -0.160. The summed E-state index contributed by atoms with van der Waals surface area (Å²) in [6, 6.07) is 2.40. The Bertz CT molecular complexity index is 361. The summed E-state index contributed by atoms with van der Waals surface area (Å²) >= 11 is 0. The van der Waals surface area contributed by atoms with Crippen molar-refractivity contribution in [3.63, 3.8) is 0 Å². The van der Waals surface area contributed by atoms with Crippen LogP contribution in [0, 0.1) is 0 Å². The van der Waals surface area contributed by atoms with Crippen LogP contribution < -0.4 is 0 Å². The highest BCUT2D eigenvalue weighted by Gasteiger charge is 2.49. The highest BCUT2D eigenvalue weighted by atomic mass is 32.2.